The monoisotopic (exact) mass is 268 g/mol. The Hall–Kier alpha value is -1.94. The van der Waals surface area contributed by atoms with Crippen LogP contribution < -0.4 is 10.6 Å². The minimum absolute atomic E-state index is 0.101. The molecule has 0 saturated heterocycles. The Labute approximate surface area is 119 Å². The fourth-order valence-electron chi connectivity index (χ4n) is 2.63. The van der Waals surface area contributed by atoms with Gasteiger partial charge in [0.1, 0.15) is 0 Å². The maximum Gasteiger partial charge on any atom is 0.159 e. The largest absolute Gasteiger partial charge is 0.378 e. The van der Waals surface area contributed by atoms with E-state index >= 15 is 0 Å². The zero-order valence-corrected chi connectivity index (χ0v) is 12.0. The Bertz CT molecular complexity index is 604. The van der Waals surface area contributed by atoms with Gasteiger partial charge in [0.25, 0.3) is 0 Å². The average molecular weight is 268 g/mol. The van der Waals surface area contributed by atoms with Gasteiger partial charge in [0.15, 0.2) is 5.82 Å². The number of fused-ring (bicyclic) bond motifs is 1. The van der Waals surface area contributed by atoms with E-state index in [9.17, 15) is 0 Å². The molecule has 4 nitrogen and oxygen atoms in total. The Morgan fingerprint density at radius 1 is 1.20 bits per heavy atom. The summed E-state index contributed by atoms with van der Waals surface area (Å²) in [6, 6.07) is 8.41. The number of rotatable bonds is 2. The molecule has 1 heterocycles. The first-order chi connectivity index (χ1) is 9.65. The van der Waals surface area contributed by atoms with Gasteiger partial charge in [0, 0.05) is 48.8 Å². The lowest BCUT2D eigenvalue weighted by molar-refractivity contribution is 0.557. The molecule has 1 atom stereocenters. The average Bonchev–Trinajstić information content (AvgIpc) is 2.47. The summed E-state index contributed by atoms with van der Waals surface area (Å²) in [5, 5.41) is 0. The third kappa shape index (κ3) is 2.39. The Morgan fingerprint density at radius 2 is 1.95 bits per heavy atom. The van der Waals surface area contributed by atoms with Gasteiger partial charge in [-0.25, -0.2) is 9.97 Å². The Kier molecular flexibility index (Phi) is 3.40. The van der Waals surface area contributed by atoms with Crippen LogP contribution in [-0.4, -0.2) is 24.1 Å². The van der Waals surface area contributed by atoms with Crippen molar-refractivity contribution in [3.8, 4) is 11.4 Å². The summed E-state index contributed by atoms with van der Waals surface area (Å²) in [5.74, 6) is 0.795. The van der Waals surface area contributed by atoms with Crippen LogP contribution >= 0.6 is 0 Å². The molecule has 1 unspecified atom stereocenters. The number of aryl methyl sites for hydroxylation is 1. The second-order valence-electron chi connectivity index (χ2n) is 5.54. The van der Waals surface area contributed by atoms with Gasteiger partial charge in [-0.2, -0.15) is 0 Å². The summed E-state index contributed by atoms with van der Waals surface area (Å²) in [4.78, 5) is 11.3. The highest BCUT2D eigenvalue weighted by Gasteiger charge is 2.19. The smallest absolute Gasteiger partial charge is 0.159 e. The minimum Gasteiger partial charge on any atom is -0.378 e. The predicted octanol–water partition coefficient (Wildman–Crippen LogP) is 2.55. The lowest BCUT2D eigenvalue weighted by Gasteiger charge is -2.21. The quantitative estimate of drug-likeness (QED) is 0.909. The van der Waals surface area contributed by atoms with Gasteiger partial charge < -0.3 is 10.6 Å². The highest BCUT2D eigenvalue weighted by Crippen LogP contribution is 2.28. The van der Waals surface area contributed by atoms with Gasteiger partial charge in [0.2, 0.25) is 0 Å². The molecule has 1 aliphatic rings. The van der Waals surface area contributed by atoms with E-state index in [1.54, 1.807) is 0 Å². The number of anilines is 1. The number of nitrogens with zero attached hydrogens (tertiary/aromatic N) is 3. The maximum atomic E-state index is 6.10. The lowest BCUT2D eigenvalue weighted by atomic mass is 9.93. The zero-order chi connectivity index (χ0) is 14.1. The van der Waals surface area contributed by atoms with Crippen molar-refractivity contribution in [3.05, 3.63) is 41.7 Å². The second-order valence-corrected chi connectivity index (χ2v) is 5.54. The van der Waals surface area contributed by atoms with Crippen molar-refractivity contribution in [2.75, 3.05) is 19.0 Å². The van der Waals surface area contributed by atoms with E-state index in [-0.39, 0.29) is 6.04 Å². The van der Waals surface area contributed by atoms with Crippen molar-refractivity contribution < 1.29 is 0 Å². The number of nitrogens with two attached hydrogens (primary N) is 1. The summed E-state index contributed by atoms with van der Waals surface area (Å²) in [7, 11) is 4.07. The van der Waals surface area contributed by atoms with Crippen LogP contribution in [0.3, 0.4) is 0 Å². The normalized spacial score (nSPS) is 17.6. The molecule has 2 N–H and O–H groups in total. The fourth-order valence-corrected chi connectivity index (χ4v) is 2.63. The molecular formula is C16H20N4. The second kappa shape index (κ2) is 5.21. The molecule has 20 heavy (non-hydrogen) atoms. The van der Waals surface area contributed by atoms with Crippen LogP contribution in [0.15, 0.2) is 30.5 Å². The van der Waals surface area contributed by atoms with Crippen LogP contribution in [0.25, 0.3) is 11.4 Å². The Balaban J connectivity index is 1.94. The molecule has 104 valence electrons. The van der Waals surface area contributed by atoms with Crippen molar-refractivity contribution in [1.82, 2.24) is 9.97 Å². The van der Waals surface area contributed by atoms with E-state index in [2.05, 4.69) is 34.1 Å². The standard InChI is InChI=1S/C16H20N4/c1-20(2)12-8-6-11(7-9-12)16-18-10-13-14(17)4-3-5-15(13)19-16/h6-10,14H,3-5,17H2,1-2H3. The third-order valence-electron chi connectivity index (χ3n) is 3.87. The summed E-state index contributed by atoms with van der Waals surface area (Å²) in [6.07, 6.45) is 5.06. The van der Waals surface area contributed by atoms with Crippen LogP contribution in [-0.2, 0) is 6.42 Å². The van der Waals surface area contributed by atoms with E-state index in [1.807, 2.05) is 20.3 Å². The van der Waals surface area contributed by atoms with Gasteiger partial charge in [-0.1, -0.05) is 0 Å². The number of hydrogen-bond donors (Lipinski definition) is 1. The summed E-state index contributed by atoms with van der Waals surface area (Å²) >= 11 is 0. The van der Waals surface area contributed by atoms with Crippen LogP contribution in [0, 0.1) is 0 Å². The molecule has 1 aromatic heterocycles. The van der Waals surface area contributed by atoms with E-state index in [0.29, 0.717) is 0 Å². The van der Waals surface area contributed by atoms with Crippen LogP contribution in [0.5, 0.6) is 0 Å². The molecule has 0 bridgehead atoms. The maximum absolute atomic E-state index is 6.10. The highest BCUT2D eigenvalue weighted by molar-refractivity contribution is 5.60. The Morgan fingerprint density at radius 3 is 2.65 bits per heavy atom. The highest BCUT2D eigenvalue weighted by atomic mass is 15.1. The molecule has 1 aliphatic carbocycles. The first kappa shape index (κ1) is 13.1. The summed E-state index contributed by atoms with van der Waals surface area (Å²) < 4.78 is 0. The van der Waals surface area contributed by atoms with E-state index in [0.717, 1.165) is 41.9 Å². The zero-order valence-electron chi connectivity index (χ0n) is 12.0. The molecule has 0 fully saturated rings. The molecule has 3 rings (SSSR count). The number of benzene rings is 1. The lowest BCUT2D eigenvalue weighted by Crippen LogP contribution is -2.19. The van der Waals surface area contributed by atoms with Gasteiger partial charge in [-0.3, -0.25) is 0 Å². The molecule has 0 saturated carbocycles. The van der Waals surface area contributed by atoms with Gasteiger partial charge in [0.05, 0.1) is 0 Å². The SMILES string of the molecule is CN(C)c1ccc(-c2ncc3c(n2)CCCC3N)cc1. The van der Waals surface area contributed by atoms with Gasteiger partial charge in [-0.15, -0.1) is 0 Å². The van der Waals surface area contributed by atoms with Crippen LogP contribution in [0.4, 0.5) is 5.69 Å². The molecule has 0 amide bonds. The van der Waals surface area contributed by atoms with Crippen molar-refractivity contribution in [2.45, 2.75) is 25.3 Å². The molecule has 2 aromatic rings. The number of aromatic nitrogens is 2. The van der Waals surface area contributed by atoms with Crippen molar-refractivity contribution in [3.63, 3.8) is 0 Å². The summed E-state index contributed by atoms with van der Waals surface area (Å²) in [6.45, 7) is 0. The van der Waals surface area contributed by atoms with Crippen molar-refractivity contribution in [2.24, 2.45) is 5.73 Å². The van der Waals surface area contributed by atoms with Gasteiger partial charge in [-0.05, 0) is 43.5 Å². The van der Waals surface area contributed by atoms with Crippen LogP contribution in [0.2, 0.25) is 0 Å². The first-order valence-electron chi connectivity index (χ1n) is 7.04. The van der Waals surface area contributed by atoms with E-state index in [1.165, 1.54) is 5.69 Å². The minimum atomic E-state index is 0.101. The molecular weight excluding hydrogens is 248 g/mol. The van der Waals surface area contributed by atoms with Crippen molar-refractivity contribution >= 4 is 5.69 Å². The molecule has 0 aliphatic heterocycles. The molecule has 4 heteroatoms. The topological polar surface area (TPSA) is 55.0 Å². The molecule has 0 spiro atoms. The van der Waals surface area contributed by atoms with E-state index < -0.39 is 0 Å². The summed E-state index contributed by atoms with van der Waals surface area (Å²) in [5.41, 5.74) is 10.6. The number of hydrogen-bond acceptors (Lipinski definition) is 4. The molecule has 1 aromatic carbocycles. The van der Waals surface area contributed by atoms with Crippen LogP contribution in [0.1, 0.15) is 30.1 Å². The first-order valence-corrected chi connectivity index (χ1v) is 7.04. The van der Waals surface area contributed by atoms with E-state index in [4.69, 9.17) is 10.7 Å². The predicted molar refractivity (Wildman–Crippen MR) is 81.7 cm³/mol. The fraction of sp³-hybridized carbons (Fsp3) is 0.375. The van der Waals surface area contributed by atoms with Gasteiger partial charge >= 0.3 is 0 Å². The molecule has 0 radical (unpaired) electrons. The third-order valence-corrected chi connectivity index (χ3v) is 3.87. The van der Waals surface area contributed by atoms with Crippen molar-refractivity contribution in [1.29, 1.82) is 0 Å².